The summed E-state index contributed by atoms with van der Waals surface area (Å²) in [6.45, 7) is 5.37. The molecule has 1 fully saturated rings. The summed E-state index contributed by atoms with van der Waals surface area (Å²) in [6, 6.07) is 19.3. The first-order valence-corrected chi connectivity index (χ1v) is 12.0. The molecule has 0 bridgehead atoms. The van der Waals surface area contributed by atoms with Crippen molar-refractivity contribution < 1.29 is 18.4 Å². The van der Waals surface area contributed by atoms with Crippen LogP contribution in [0.4, 0.5) is 5.69 Å². The molecule has 5 rings (SSSR count). The molecule has 1 amide bonds. The second kappa shape index (κ2) is 9.62. The number of nitrogens with zero attached hydrogens (tertiary/aromatic N) is 3. The highest BCUT2D eigenvalue weighted by molar-refractivity contribution is 7.98. The Labute approximate surface area is 196 Å². The van der Waals surface area contributed by atoms with Gasteiger partial charge in [0.25, 0.3) is 11.1 Å². The summed E-state index contributed by atoms with van der Waals surface area (Å²) < 4.78 is 17.3. The van der Waals surface area contributed by atoms with E-state index in [-0.39, 0.29) is 5.91 Å². The standard InChI is InChI=1S/C25H25N3O4S/c1-2-30-22-10-6-4-8-20(22)27-13-15-28(16-14-27)24(29)23-12-11-18(31-23)17-33-25-26-19-7-3-5-9-21(19)32-25/h3-12H,2,13-17H2,1H3. The number of rotatable bonds is 7. The summed E-state index contributed by atoms with van der Waals surface area (Å²) >= 11 is 1.45. The monoisotopic (exact) mass is 463 g/mol. The van der Waals surface area contributed by atoms with Crippen LogP contribution in [0.2, 0.25) is 0 Å². The molecule has 7 nitrogen and oxygen atoms in total. The minimum Gasteiger partial charge on any atom is -0.492 e. The maximum atomic E-state index is 13.0. The van der Waals surface area contributed by atoms with E-state index in [2.05, 4.69) is 16.0 Å². The van der Waals surface area contributed by atoms with Gasteiger partial charge in [-0.2, -0.15) is 0 Å². The van der Waals surface area contributed by atoms with Gasteiger partial charge >= 0.3 is 0 Å². The first-order valence-electron chi connectivity index (χ1n) is 11.0. The maximum Gasteiger partial charge on any atom is 0.289 e. The van der Waals surface area contributed by atoms with E-state index in [4.69, 9.17) is 13.6 Å². The predicted molar refractivity (Wildman–Crippen MR) is 128 cm³/mol. The molecule has 2 aromatic carbocycles. The number of para-hydroxylation sites is 4. The van der Waals surface area contributed by atoms with E-state index in [1.807, 2.05) is 60.4 Å². The lowest BCUT2D eigenvalue weighted by atomic mass is 10.2. The Morgan fingerprint density at radius 3 is 2.61 bits per heavy atom. The zero-order valence-corrected chi connectivity index (χ0v) is 19.2. The lowest BCUT2D eigenvalue weighted by molar-refractivity contribution is 0.0713. The molecule has 1 aliphatic heterocycles. The van der Waals surface area contributed by atoms with E-state index in [9.17, 15) is 4.79 Å². The van der Waals surface area contributed by atoms with Gasteiger partial charge in [-0.15, -0.1) is 0 Å². The van der Waals surface area contributed by atoms with E-state index in [0.717, 1.165) is 41.4 Å². The van der Waals surface area contributed by atoms with Gasteiger partial charge in [0.15, 0.2) is 11.3 Å². The van der Waals surface area contributed by atoms with Crippen LogP contribution in [0.1, 0.15) is 23.2 Å². The van der Waals surface area contributed by atoms with Crippen LogP contribution < -0.4 is 9.64 Å². The number of aromatic nitrogens is 1. The molecule has 2 aromatic heterocycles. The fourth-order valence-corrected chi connectivity index (χ4v) is 4.65. The van der Waals surface area contributed by atoms with Crippen LogP contribution in [0.5, 0.6) is 5.75 Å². The van der Waals surface area contributed by atoms with Crippen LogP contribution in [0.3, 0.4) is 0 Å². The molecule has 170 valence electrons. The van der Waals surface area contributed by atoms with Gasteiger partial charge < -0.3 is 23.4 Å². The van der Waals surface area contributed by atoms with Crippen LogP contribution >= 0.6 is 11.8 Å². The van der Waals surface area contributed by atoms with Gasteiger partial charge in [-0.3, -0.25) is 4.79 Å². The Bertz CT molecular complexity index is 1210. The average molecular weight is 464 g/mol. The molecular formula is C25H25N3O4S. The largest absolute Gasteiger partial charge is 0.492 e. The van der Waals surface area contributed by atoms with E-state index in [1.54, 1.807) is 6.07 Å². The highest BCUT2D eigenvalue weighted by atomic mass is 32.2. The Balaban J connectivity index is 1.17. The minimum absolute atomic E-state index is 0.0779. The fourth-order valence-electron chi connectivity index (χ4n) is 3.92. The molecule has 0 spiro atoms. The quantitative estimate of drug-likeness (QED) is 0.354. The Morgan fingerprint density at radius 2 is 1.79 bits per heavy atom. The molecule has 0 saturated carbocycles. The van der Waals surface area contributed by atoms with Crippen molar-refractivity contribution in [2.45, 2.75) is 17.9 Å². The van der Waals surface area contributed by atoms with Crippen molar-refractivity contribution >= 4 is 34.5 Å². The second-order valence-corrected chi connectivity index (χ2v) is 8.61. The zero-order chi connectivity index (χ0) is 22.6. The number of hydrogen-bond donors (Lipinski definition) is 0. The third kappa shape index (κ3) is 4.71. The van der Waals surface area contributed by atoms with Crippen molar-refractivity contribution in [2.75, 3.05) is 37.7 Å². The maximum absolute atomic E-state index is 13.0. The van der Waals surface area contributed by atoms with Crippen molar-refractivity contribution in [2.24, 2.45) is 0 Å². The molecule has 0 atom stereocenters. The number of fused-ring (bicyclic) bond motifs is 1. The summed E-state index contributed by atoms with van der Waals surface area (Å²) in [7, 11) is 0. The summed E-state index contributed by atoms with van der Waals surface area (Å²) in [5.41, 5.74) is 2.67. The molecule has 3 heterocycles. The molecule has 4 aromatic rings. The summed E-state index contributed by atoms with van der Waals surface area (Å²) in [5.74, 6) is 2.43. The van der Waals surface area contributed by atoms with Gasteiger partial charge in [0, 0.05) is 26.2 Å². The predicted octanol–water partition coefficient (Wildman–Crippen LogP) is 5.07. The smallest absolute Gasteiger partial charge is 0.289 e. The van der Waals surface area contributed by atoms with E-state index < -0.39 is 0 Å². The Morgan fingerprint density at radius 1 is 1.00 bits per heavy atom. The number of thioether (sulfide) groups is 1. The van der Waals surface area contributed by atoms with Gasteiger partial charge in [-0.1, -0.05) is 36.0 Å². The Kier molecular flexibility index (Phi) is 6.26. The number of ether oxygens (including phenoxy) is 1. The van der Waals surface area contributed by atoms with Crippen molar-refractivity contribution in [1.29, 1.82) is 0 Å². The summed E-state index contributed by atoms with van der Waals surface area (Å²) in [4.78, 5) is 21.5. The number of amides is 1. The third-order valence-electron chi connectivity index (χ3n) is 5.56. The van der Waals surface area contributed by atoms with E-state index >= 15 is 0 Å². The molecule has 0 N–H and O–H groups in total. The van der Waals surface area contributed by atoms with Gasteiger partial charge in [0.2, 0.25) is 0 Å². The number of furan rings is 1. The van der Waals surface area contributed by atoms with Crippen molar-refractivity contribution in [1.82, 2.24) is 9.88 Å². The van der Waals surface area contributed by atoms with Crippen molar-refractivity contribution in [3.05, 3.63) is 72.2 Å². The van der Waals surface area contributed by atoms with Crippen molar-refractivity contribution in [3.8, 4) is 5.75 Å². The van der Waals surface area contributed by atoms with Crippen LogP contribution in [0.15, 0.2) is 74.7 Å². The Hall–Kier alpha value is -3.39. The molecule has 0 unspecified atom stereocenters. The number of carbonyl (C=O) groups excluding carboxylic acids is 1. The molecule has 1 saturated heterocycles. The molecule has 0 radical (unpaired) electrons. The van der Waals surface area contributed by atoms with Crippen LogP contribution in [0.25, 0.3) is 11.1 Å². The molecular weight excluding hydrogens is 438 g/mol. The van der Waals surface area contributed by atoms with Crippen LogP contribution in [0, 0.1) is 0 Å². The van der Waals surface area contributed by atoms with Crippen LogP contribution in [-0.4, -0.2) is 48.6 Å². The van der Waals surface area contributed by atoms with Gasteiger partial charge in [0.1, 0.15) is 17.0 Å². The fraction of sp³-hybridized carbons (Fsp3) is 0.280. The first-order chi connectivity index (χ1) is 16.2. The third-order valence-corrected chi connectivity index (χ3v) is 6.41. The van der Waals surface area contributed by atoms with E-state index in [1.165, 1.54) is 11.8 Å². The summed E-state index contributed by atoms with van der Waals surface area (Å²) in [6.07, 6.45) is 0. The van der Waals surface area contributed by atoms with Crippen molar-refractivity contribution in [3.63, 3.8) is 0 Å². The van der Waals surface area contributed by atoms with Gasteiger partial charge in [-0.25, -0.2) is 4.98 Å². The lowest BCUT2D eigenvalue weighted by Crippen LogP contribution is -2.48. The number of anilines is 1. The SMILES string of the molecule is CCOc1ccccc1N1CCN(C(=O)c2ccc(CSc3nc4ccccc4o3)o2)CC1. The second-order valence-electron chi connectivity index (χ2n) is 7.68. The van der Waals surface area contributed by atoms with Gasteiger partial charge in [-0.05, 0) is 43.3 Å². The number of oxazole rings is 1. The number of piperazine rings is 1. The normalized spacial score (nSPS) is 14.1. The lowest BCUT2D eigenvalue weighted by Gasteiger charge is -2.36. The number of benzene rings is 2. The van der Waals surface area contributed by atoms with Gasteiger partial charge in [0.05, 0.1) is 18.0 Å². The van der Waals surface area contributed by atoms with Crippen LogP contribution in [-0.2, 0) is 5.75 Å². The highest BCUT2D eigenvalue weighted by Gasteiger charge is 2.25. The highest BCUT2D eigenvalue weighted by Crippen LogP contribution is 2.30. The number of carbonyl (C=O) groups is 1. The molecule has 1 aliphatic rings. The first kappa shape index (κ1) is 21.5. The molecule has 33 heavy (non-hydrogen) atoms. The molecule has 8 heteroatoms. The number of hydrogen-bond acceptors (Lipinski definition) is 7. The molecule has 0 aliphatic carbocycles. The minimum atomic E-state index is -0.0779. The van der Waals surface area contributed by atoms with E-state index in [0.29, 0.717) is 36.4 Å². The topological polar surface area (TPSA) is 72.0 Å². The zero-order valence-electron chi connectivity index (χ0n) is 18.4. The summed E-state index contributed by atoms with van der Waals surface area (Å²) in [5, 5.41) is 0.587. The average Bonchev–Trinajstić information content (AvgIpc) is 3.50.